The molecule has 1 aliphatic rings. The second-order valence-corrected chi connectivity index (χ2v) is 5.36. The minimum Gasteiger partial charge on any atom is -0.370 e. The van der Waals surface area contributed by atoms with Crippen molar-refractivity contribution in [3.8, 4) is 0 Å². The fourth-order valence-corrected chi connectivity index (χ4v) is 2.45. The van der Waals surface area contributed by atoms with Crippen LogP contribution in [0.5, 0.6) is 0 Å². The summed E-state index contributed by atoms with van der Waals surface area (Å²) in [5.74, 6) is 0.0788. The molecular formula is C14H16BrFO2. The third-order valence-corrected chi connectivity index (χ3v) is 4.00. The summed E-state index contributed by atoms with van der Waals surface area (Å²) in [5.41, 5.74) is 0.686. The van der Waals surface area contributed by atoms with E-state index in [-0.39, 0.29) is 24.1 Å². The molecule has 1 aromatic rings. The van der Waals surface area contributed by atoms with Gasteiger partial charge in [0, 0.05) is 13.0 Å². The zero-order valence-corrected chi connectivity index (χ0v) is 11.9. The Bertz CT molecular complexity index is 443. The van der Waals surface area contributed by atoms with Crippen LogP contribution >= 0.6 is 15.9 Å². The van der Waals surface area contributed by atoms with Crippen molar-refractivity contribution in [1.29, 1.82) is 0 Å². The molecule has 0 amide bonds. The van der Waals surface area contributed by atoms with E-state index in [9.17, 15) is 9.18 Å². The van der Waals surface area contributed by atoms with Crippen LogP contribution in [-0.2, 0) is 16.0 Å². The van der Waals surface area contributed by atoms with Crippen LogP contribution in [0.2, 0.25) is 0 Å². The lowest BCUT2D eigenvalue weighted by Crippen LogP contribution is -2.28. The molecule has 98 valence electrons. The van der Waals surface area contributed by atoms with E-state index in [1.165, 1.54) is 6.07 Å². The molecule has 1 saturated carbocycles. The Balaban J connectivity index is 2.07. The second-order valence-electron chi connectivity index (χ2n) is 4.57. The molecule has 18 heavy (non-hydrogen) atoms. The van der Waals surface area contributed by atoms with Gasteiger partial charge in [0.25, 0.3) is 0 Å². The summed E-state index contributed by atoms with van der Waals surface area (Å²) < 4.78 is 19.3. The first-order valence-corrected chi connectivity index (χ1v) is 7.00. The van der Waals surface area contributed by atoms with Crippen LogP contribution in [0, 0.1) is 11.7 Å². The molecule has 2 nitrogen and oxygen atoms in total. The van der Waals surface area contributed by atoms with Crippen LogP contribution in [0.3, 0.4) is 0 Å². The lowest BCUT2D eigenvalue weighted by atomic mass is 10.0. The number of ketones is 1. The van der Waals surface area contributed by atoms with Gasteiger partial charge in [-0.3, -0.25) is 4.79 Å². The largest absolute Gasteiger partial charge is 0.370 e. The Hall–Kier alpha value is -0.740. The predicted molar refractivity (Wildman–Crippen MR) is 70.9 cm³/mol. The summed E-state index contributed by atoms with van der Waals surface area (Å²) >= 11 is 3.18. The monoisotopic (exact) mass is 314 g/mol. The average molecular weight is 315 g/mol. The topological polar surface area (TPSA) is 26.3 Å². The molecule has 0 aliphatic heterocycles. The van der Waals surface area contributed by atoms with Crippen LogP contribution < -0.4 is 0 Å². The Kier molecular flexibility index (Phi) is 4.51. The average Bonchev–Trinajstić information content (AvgIpc) is 3.16. The molecule has 0 aromatic heterocycles. The number of rotatable bonds is 6. The third kappa shape index (κ3) is 3.18. The van der Waals surface area contributed by atoms with Gasteiger partial charge in [-0.05, 0) is 53.2 Å². The molecular weight excluding hydrogens is 299 g/mol. The van der Waals surface area contributed by atoms with Gasteiger partial charge in [0.05, 0.1) is 4.47 Å². The molecule has 1 fully saturated rings. The van der Waals surface area contributed by atoms with Gasteiger partial charge in [0.15, 0.2) is 5.78 Å². The first-order valence-electron chi connectivity index (χ1n) is 6.20. The van der Waals surface area contributed by atoms with Gasteiger partial charge in [-0.2, -0.15) is 0 Å². The fraction of sp³-hybridized carbons (Fsp3) is 0.500. The first kappa shape index (κ1) is 13.7. The Morgan fingerprint density at radius 3 is 2.89 bits per heavy atom. The maximum Gasteiger partial charge on any atom is 0.166 e. The lowest BCUT2D eigenvalue weighted by molar-refractivity contribution is -0.130. The SMILES string of the molecule is CCOC(C(=O)Cc1cccc(F)c1Br)C1CC1. The highest BCUT2D eigenvalue weighted by Crippen LogP contribution is 2.35. The minimum absolute atomic E-state index is 0.0469. The van der Waals surface area contributed by atoms with Crippen molar-refractivity contribution >= 4 is 21.7 Å². The van der Waals surface area contributed by atoms with Gasteiger partial charge in [-0.1, -0.05) is 12.1 Å². The lowest BCUT2D eigenvalue weighted by Gasteiger charge is -2.15. The zero-order valence-electron chi connectivity index (χ0n) is 10.3. The van der Waals surface area contributed by atoms with E-state index in [4.69, 9.17) is 4.74 Å². The maximum absolute atomic E-state index is 13.4. The van der Waals surface area contributed by atoms with E-state index in [1.807, 2.05) is 6.92 Å². The van der Waals surface area contributed by atoms with Crippen molar-refractivity contribution in [3.63, 3.8) is 0 Å². The van der Waals surface area contributed by atoms with E-state index in [0.717, 1.165) is 12.8 Å². The van der Waals surface area contributed by atoms with Gasteiger partial charge < -0.3 is 4.74 Å². The Labute approximate surface area is 115 Å². The van der Waals surface area contributed by atoms with Crippen LogP contribution in [0.15, 0.2) is 22.7 Å². The summed E-state index contributed by atoms with van der Waals surface area (Å²) in [6.07, 6.45) is 2.02. The quantitative estimate of drug-likeness (QED) is 0.803. The second kappa shape index (κ2) is 5.93. The number of halogens is 2. The number of hydrogen-bond acceptors (Lipinski definition) is 2. The zero-order chi connectivity index (χ0) is 13.1. The molecule has 1 aromatic carbocycles. The highest BCUT2D eigenvalue weighted by molar-refractivity contribution is 9.10. The third-order valence-electron chi connectivity index (χ3n) is 3.11. The van der Waals surface area contributed by atoms with E-state index in [1.54, 1.807) is 12.1 Å². The minimum atomic E-state index is -0.334. The van der Waals surface area contributed by atoms with Crippen LogP contribution in [0.4, 0.5) is 4.39 Å². The van der Waals surface area contributed by atoms with Crippen LogP contribution in [0.1, 0.15) is 25.3 Å². The molecule has 1 unspecified atom stereocenters. The van der Waals surface area contributed by atoms with Crippen molar-refractivity contribution in [3.05, 3.63) is 34.1 Å². The van der Waals surface area contributed by atoms with Crippen molar-refractivity contribution in [2.75, 3.05) is 6.61 Å². The Morgan fingerprint density at radius 1 is 1.56 bits per heavy atom. The summed E-state index contributed by atoms with van der Waals surface area (Å²) in [6, 6.07) is 4.76. The summed E-state index contributed by atoms with van der Waals surface area (Å²) in [5, 5.41) is 0. The number of carbonyl (C=O) groups is 1. The molecule has 0 saturated heterocycles. The molecule has 0 N–H and O–H groups in total. The highest BCUT2D eigenvalue weighted by atomic mass is 79.9. The van der Waals surface area contributed by atoms with E-state index in [0.29, 0.717) is 22.6 Å². The molecule has 0 radical (unpaired) electrons. The predicted octanol–water partition coefficient (Wildman–Crippen LogP) is 3.51. The van der Waals surface area contributed by atoms with Gasteiger partial charge in [-0.15, -0.1) is 0 Å². The molecule has 0 spiro atoms. The number of ether oxygens (including phenoxy) is 1. The molecule has 0 heterocycles. The number of Topliss-reactive ketones (excluding diaryl/α,β-unsaturated/α-hetero) is 1. The van der Waals surface area contributed by atoms with Gasteiger partial charge >= 0.3 is 0 Å². The molecule has 1 atom stereocenters. The van der Waals surface area contributed by atoms with Crippen molar-refractivity contribution in [2.45, 2.75) is 32.3 Å². The first-order chi connectivity index (χ1) is 8.63. The summed E-state index contributed by atoms with van der Waals surface area (Å²) in [7, 11) is 0. The van der Waals surface area contributed by atoms with Crippen molar-refractivity contribution in [2.24, 2.45) is 5.92 Å². The Morgan fingerprint density at radius 2 is 2.28 bits per heavy atom. The van der Waals surface area contributed by atoms with Crippen molar-refractivity contribution < 1.29 is 13.9 Å². The molecule has 0 bridgehead atoms. The van der Waals surface area contributed by atoms with Crippen molar-refractivity contribution in [1.82, 2.24) is 0 Å². The normalized spacial score (nSPS) is 16.6. The number of carbonyl (C=O) groups excluding carboxylic acids is 1. The standard InChI is InChI=1S/C14H16BrFO2/c1-2-18-14(9-6-7-9)12(17)8-10-4-3-5-11(16)13(10)15/h3-5,9,14H,2,6-8H2,1H3. The maximum atomic E-state index is 13.4. The van der Waals surface area contributed by atoms with E-state index >= 15 is 0 Å². The highest BCUT2D eigenvalue weighted by Gasteiger charge is 2.36. The number of hydrogen-bond donors (Lipinski definition) is 0. The number of benzene rings is 1. The van der Waals surface area contributed by atoms with E-state index in [2.05, 4.69) is 15.9 Å². The van der Waals surface area contributed by atoms with Gasteiger partial charge in [-0.25, -0.2) is 4.39 Å². The smallest absolute Gasteiger partial charge is 0.166 e. The van der Waals surface area contributed by atoms with Crippen LogP contribution in [-0.4, -0.2) is 18.5 Å². The van der Waals surface area contributed by atoms with Gasteiger partial charge in [0.2, 0.25) is 0 Å². The molecule has 4 heteroatoms. The summed E-state index contributed by atoms with van der Waals surface area (Å²) in [6.45, 7) is 2.43. The molecule has 2 rings (SSSR count). The molecule has 1 aliphatic carbocycles. The van der Waals surface area contributed by atoms with E-state index < -0.39 is 0 Å². The summed E-state index contributed by atoms with van der Waals surface area (Å²) in [4.78, 5) is 12.2. The van der Waals surface area contributed by atoms with Gasteiger partial charge in [0.1, 0.15) is 11.9 Å². The van der Waals surface area contributed by atoms with Crippen LogP contribution in [0.25, 0.3) is 0 Å². The fourth-order valence-electron chi connectivity index (χ4n) is 2.04.